The summed E-state index contributed by atoms with van der Waals surface area (Å²) in [7, 11) is 3.19. The molecule has 0 saturated carbocycles. The van der Waals surface area contributed by atoms with Crippen LogP contribution in [0.15, 0.2) is 67.0 Å². The highest BCUT2D eigenvalue weighted by molar-refractivity contribution is 5.79. The second-order valence-corrected chi connectivity index (χ2v) is 5.85. The number of amides is 1. The summed E-state index contributed by atoms with van der Waals surface area (Å²) >= 11 is 0. The maximum Gasteiger partial charge on any atom is 0.224 e. The molecular weight excluding hydrogens is 328 g/mol. The van der Waals surface area contributed by atoms with Crippen LogP contribution < -0.4 is 14.8 Å². The van der Waals surface area contributed by atoms with Gasteiger partial charge >= 0.3 is 0 Å². The maximum absolute atomic E-state index is 12.4. The summed E-state index contributed by atoms with van der Waals surface area (Å²) in [4.78, 5) is 12.4. The van der Waals surface area contributed by atoms with Crippen molar-refractivity contribution >= 4 is 5.91 Å². The topological polar surface area (TPSA) is 52.5 Å². The molecule has 0 radical (unpaired) electrons. The first-order valence-electron chi connectivity index (χ1n) is 8.40. The third-order valence-corrected chi connectivity index (χ3v) is 4.19. The zero-order valence-corrected chi connectivity index (χ0v) is 14.9. The maximum atomic E-state index is 12.4. The second-order valence-electron chi connectivity index (χ2n) is 5.85. The van der Waals surface area contributed by atoms with Gasteiger partial charge in [0.2, 0.25) is 5.91 Å². The van der Waals surface area contributed by atoms with Crippen molar-refractivity contribution in [2.75, 3.05) is 14.2 Å². The fourth-order valence-corrected chi connectivity index (χ4v) is 2.86. The van der Waals surface area contributed by atoms with Gasteiger partial charge in [0.15, 0.2) is 0 Å². The highest BCUT2D eigenvalue weighted by Gasteiger charge is 2.11. The Bertz CT molecular complexity index is 873. The fourth-order valence-electron chi connectivity index (χ4n) is 2.86. The lowest BCUT2D eigenvalue weighted by atomic mass is 10.1. The van der Waals surface area contributed by atoms with E-state index in [2.05, 4.69) is 5.32 Å². The molecule has 5 heteroatoms. The third kappa shape index (κ3) is 4.06. The molecule has 1 aromatic heterocycles. The molecule has 1 amide bonds. The number of nitrogens with zero attached hydrogens (tertiary/aromatic N) is 1. The van der Waals surface area contributed by atoms with Gasteiger partial charge in [-0.05, 0) is 42.0 Å². The van der Waals surface area contributed by atoms with E-state index in [1.165, 1.54) is 0 Å². The van der Waals surface area contributed by atoms with E-state index in [0.29, 0.717) is 18.0 Å². The minimum absolute atomic E-state index is 0.0705. The largest absolute Gasteiger partial charge is 0.497 e. The lowest BCUT2D eigenvalue weighted by molar-refractivity contribution is -0.120. The number of carbonyl (C=O) groups excluding carboxylic acids is 1. The van der Waals surface area contributed by atoms with Crippen LogP contribution in [0.25, 0.3) is 5.69 Å². The second kappa shape index (κ2) is 8.25. The van der Waals surface area contributed by atoms with E-state index in [4.69, 9.17) is 9.47 Å². The molecule has 0 saturated heterocycles. The van der Waals surface area contributed by atoms with E-state index in [-0.39, 0.29) is 12.3 Å². The highest BCUT2D eigenvalue weighted by atomic mass is 16.5. The predicted octanol–water partition coefficient (Wildman–Crippen LogP) is 3.35. The van der Waals surface area contributed by atoms with E-state index in [1.54, 1.807) is 14.2 Å². The van der Waals surface area contributed by atoms with Gasteiger partial charge in [0.05, 0.1) is 20.6 Å². The zero-order chi connectivity index (χ0) is 18.4. The number of hydrogen-bond acceptors (Lipinski definition) is 3. The SMILES string of the molecule is COc1ccc(OC)c(CC(=O)NCc2ccccc2-n2cccc2)c1. The van der Waals surface area contributed by atoms with E-state index < -0.39 is 0 Å². The number of methoxy groups -OCH3 is 2. The normalized spacial score (nSPS) is 10.4. The summed E-state index contributed by atoms with van der Waals surface area (Å²) < 4.78 is 12.6. The molecule has 0 atom stereocenters. The zero-order valence-electron chi connectivity index (χ0n) is 14.9. The van der Waals surface area contributed by atoms with Crippen molar-refractivity contribution in [3.63, 3.8) is 0 Å². The van der Waals surface area contributed by atoms with Gasteiger partial charge in [-0.25, -0.2) is 0 Å². The Labute approximate surface area is 153 Å². The number of carbonyl (C=O) groups is 1. The van der Waals surface area contributed by atoms with Crippen LogP contribution in [0, 0.1) is 0 Å². The standard InChI is InChI=1S/C21H22N2O3/c1-25-18-9-10-20(26-2)17(13-18)14-21(24)22-15-16-7-3-4-8-19(16)23-11-5-6-12-23/h3-13H,14-15H2,1-2H3,(H,22,24). The van der Waals surface area contributed by atoms with Crippen LogP contribution in [0.3, 0.4) is 0 Å². The number of ether oxygens (including phenoxy) is 2. The predicted molar refractivity (Wildman–Crippen MR) is 101 cm³/mol. The summed E-state index contributed by atoms with van der Waals surface area (Å²) in [5.41, 5.74) is 2.90. The van der Waals surface area contributed by atoms with Crippen molar-refractivity contribution in [2.24, 2.45) is 0 Å². The number of aromatic nitrogens is 1. The Morgan fingerprint density at radius 2 is 1.73 bits per heavy atom. The summed E-state index contributed by atoms with van der Waals surface area (Å²) in [5, 5.41) is 2.99. The quantitative estimate of drug-likeness (QED) is 0.711. The van der Waals surface area contributed by atoms with Gasteiger partial charge in [-0.1, -0.05) is 18.2 Å². The van der Waals surface area contributed by atoms with Crippen molar-refractivity contribution in [1.29, 1.82) is 0 Å². The van der Waals surface area contributed by atoms with Gasteiger partial charge < -0.3 is 19.4 Å². The molecule has 2 aromatic carbocycles. The van der Waals surface area contributed by atoms with Gasteiger partial charge in [-0.2, -0.15) is 0 Å². The number of rotatable bonds is 7. The average molecular weight is 350 g/mol. The molecule has 0 unspecified atom stereocenters. The van der Waals surface area contributed by atoms with Crippen molar-refractivity contribution in [2.45, 2.75) is 13.0 Å². The Morgan fingerprint density at radius 1 is 0.962 bits per heavy atom. The van der Waals surface area contributed by atoms with Crippen LogP contribution in [-0.4, -0.2) is 24.7 Å². The van der Waals surface area contributed by atoms with Crippen molar-refractivity contribution in [3.8, 4) is 17.2 Å². The summed E-state index contributed by atoms with van der Waals surface area (Å²) in [6.07, 6.45) is 4.20. The number of nitrogens with one attached hydrogen (secondary N) is 1. The van der Waals surface area contributed by atoms with Crippen LogP contribution in [0.2, 0.25) is 0 Å². The lowest BCUT2D eigenvalue weighted by Gasteiger charge is -2.13. The van der Waals surface area contributed by atoms with Crippen LogP contribution in [-0.2, 0) is 17.8 Å². The molecule has 0 fully saturated rings. The monoisotopic (exact) mass is 350 g/mol. The Kier molecular flexibility index (Phi) is 5.59. The van der Waals surface area contributed by atoms with Crippen LogP contribution >= 0.6 is 0 Å². The number of hydrogen-bond donors (Lipinski definition) is 1. The molecule has 1 heterocycles. The Balaban J connectivity index is 1.69. The molecule has 26 heavy (non-hydrogen) atoms. The van der Waals surface area contributed by atoms with E-state index in [0.717, 1.165) is 16.8 Å². The van der Waals surface area contributed by atoms with Gasteiger partial charge in [-0.3, -0.25) is 4.79 Å². The molecule has 0 aliphatic carbocycles. The minimum Gasteiger partial charge on any atom is -0.497 e. The van der Waals surface area contributed by atoms with Gasteiger partial charge in [-0.15, -0.1) is 0 Å². The molecule has 3 aromatic rings. The molecule has 0 bridgehead atoms. The summed E-state index contributed by atoms with van der Waals surface area (Å²) in [6, 6.07) is 17.4. The molecule has 0 aliphatic heterocycles. The molecule has 5 nitrogen and oxygen atoms in total. The van der Waals surface area contributed by atoms with Crippen LogP contribution in [0.1, 0.15) is 11.1 Å². The first kappa shape index (κ1) is 17.6. The first-order chi connectivity index (χ1) is 12.7. The molecule has 0 aliphatic rings. The van der Waals surface area contributed by atoms with Crippen molar-refractivity contribution in [3.05, 3.63) is 78.1 Å². The third-order valence-electron chi connectivity index (χ3n) is 4.19. The van der Waals surface area contributed by atoms with Gasteiger partial charge in [0, 0.05) is 30.2 Å². The van der Waals surface area contributed by atoms with E-state index >= 15 is 0 Å². The Hall–Kier alpha value is -3.21. The van der Waals surface area contributed by atoms with Crippen molar-refractivity contribution in [1.82, 2.24) is 9.88 Å². The minimum atomic E-state index is -0.0705. The first-order valence-corrected chi connectivity index (χ1v) is 8.40. The number of benzene rings is 2. The van der Waals surface area contributed by atoms with Gasteiger partial charge in [0.1, 0.15) is 11.5 Å². The molecule has 0 spiro atoms. The van der Waals surface area contributed by atoms with Crippen LogP contribution in [0.5, 0.6) is 11.5 Å². The number of para-hydroxylation sites is 1. The van der Waals surface area contributed by atoms with E-state index in [1.807, 2.05) is 71.6 Å². The van der Waals surface area contributed by atoms with Gasteiger partial charge in [0.25, 0.3) is 0 Å². The summed E-state index contributed by atoms with van der Waals surface area (Å²) in [6.45, 7) is 0.458. The fraction of sp³-hybridized carbons (Fsp3) is 0.190. The summed E-state index contributed by atoms with van der Waals surface area (Å²) in [5.74, 6) is 1.30. The molecular formula is C21H22N2O3. The van der Waals surface area contributed by atoms with E-state index in [9.17, 15) is 4.79 Å². The molecule has 3 rings (SSSR count). The Morgan fingerprint density at radius 3 is 2.46 bits per heavy atom. The molecule has 134 valence electrons. The van der Waals surface area contributed by atoms with Crippen LogP contribution in [0.4, 0.5) is 0 Å². The molecule has 1 N–H and O–H groups in total. The van der Waals surface area contributed by atoms with Crippen molar-refractivity contribution < 1.29 is 14.3 Å². The smallest absolute Gasteiger partial charge is 0.224 e. The lowest BCUT2D eigenvalue weighted by Crippen LogP contribution is -2.25. The highest BCUT2D eigenvalue weighted by Crippen LogP contribution is 2.24. The average Bonchev–Trinajstić information content (AvgIpc) is 3.21.